The van der Waals surface area contributed by atoms with Gasteiger partial charge >= 0.3 is 0 Å². The van der Waals surface area contributed by atoms with Crippen molar-refractivity contribution in [3.05, 3.63) is 58.9 Å². The molecule has 2 heterocycles. The Morgan fingerprint density at radius 3 is 2.42 bits per heavy atom. The quantitative estimate of drug-likeness (QED) is 0.852. The number of amides is 1. The Hall–Kier alpha value is -1.82. The van der Waals surface area contributed by atoms with E-state index in [0.29, 0.717) is 33.9 Å². The van der Waals surface area contributed by atoms with Crippen LogP contribution in [0.1, 0.15) is 10.4 Å². The van der Waals surface area contributed by atoms with E-state index in [2.05, 4.69) is 5.32 Å². The molecule has 0 aliphatic carbocycles. The molecule has 2 atom stereocenters. The Labute approximate surface area is 162 Å². The average molecular weight is 397 g/mol. The number of carbonyl (C=O) groups excluding carboxylic acids is 1. The number of hydrogen-bond acceptors (Lipinski definition) is 3. The van der Waals surface area contributed by atoms with E-state index < -0.39 is 0 Å². The molecule has 0 unspecified atom stereocenters. The molecule has 26 heavy (non-hydrogen) atoms. The summed E-state index contributed by atoms with van der Waals surface area (Å²) in [5.74, 6) is 1.52. The van der Waals surface area contributed by atoms with Gasteiger partial charge in [0.05, 0.1) is 5.56 Å². The fourth-order valence-corrected chi connectivity index (χ4v) is 3.75. The third-order valence-electron chi connectivity index (χ3n) is 4.89. The first-order chi connectivity index (χ1) is 12.1. The predicted octanol–water partition coefficient (Wildman–Crippen LogP) is 3.98. The Balaban J connectivity index is 0.00000196. The number of hydrogen-bond donors (Lipinski definition) is 1. The van der Waals surface area contributed by atoms with Gasteiger partial charge in [0, 0.05) is 31.2 Å². The third kappa shape index (κ3) is 3.80. The second kappa shape index (κ2) is 7.82. The van der Waals surface area contributed by atoms with E-state index in [-0.39, 0.29) is 24.1 Å². The van der Waals surface area contributed by atoms with Crippen LogP contribution >= 0.6 is 24.0 Å². The molecular formula is C19H19Cl2FN2O2. The van der Waals surface area contributed by atoms with Crippen LogP contribution in [0.4, 0.5) is 4.39 Å². The molecule has 2 aliphatic heterocycles. The molecule has 1 amide bonds. The summed E-state index contributed by atoms with van der Waals surface area (Å²) < 4.78 is 18.9. The fraction of sp³-hybridized carbons (Fsp3) is 0.316. The first-order valence-corrected chi connectivity index (χ1v) is 8.71. The smallest absolute Gasteiger partial charge is 0.257 e. The number of likely N-dealkylation sites (tertiary alicyclic amines) is 1. The van der Waals surface area contributed by atoms with Crippen molar-refractivity contribution >= 4 is 29.9 Å². The predicted molar refractivity (Wildman–Crippen MR) is 101 cm³/mol. The van der Waals surface area contributed by atoms with Crippen molar-refractivity contribution in [2.24, 2.45) is 11.8 Å². The zero-order valence-corrected chi connectivity index (χ0v) is 15.5. The number of carbonyl (C=O) groups is 1. The minimum absolute atomic E-state index is 0. The van der Waals surface area contributed by atoms with Gasteiger partial charge in [-0.25, -0.2) is 4.39 Å². The molecule has 138 valence electrons. The zero-order valence-electron chi connectivity index (χ0n) is 14.0. The molecule has 1 N–H and O–H groups in total. The summed E-state index contributed by atoms with van der Waals surface area (Å²) in [4.78, 5) is 14.9. The van der Waals surface area contributed by atoms with Crippen molar-refractivity contribution in [1.82, 2.24) is 10.2 Å². The molecule has 0 bridgehead atoms. The molecule has 2 aromatic rings. The molecule has 0 spiro atoms. The van der Waals surface area contributed by atoms with Crippen LogP contribution in [0.5, 0.6) is 11.5 Å². The zero-order chi connectivity index (χ0) is 17.4. The van der Waals surface area contributed by atoms with Gasteiger partial charge in [-0.1, -0.05) is 11.6 Å². The van der Waals surface area contributed by atoms with Gasteiger partial charge in [0.2, 0.25) is 0 Å². The van der Waals surface area contributed by atoms with Gasteiger partial charge in [-0.3, -0.25) is 4.79 Å². The summed E-state index contributed by atoms with van der Waals surface area (Å²) in [6.07, 6.45) is 0. The first kappa shape index (κ1) is 19.0. The van der Waals surface area contributed by atoms with E-state index in [9.17, 15) is 9.18 Å². The van der Waals surface area contributed by atoms with Crippen LogP contribution in [0, 0.1) is 17.7 Å². The molecule has 0 aromatic heterocycles. The van der Waals surface area contributed by atoms with E-state index in [1.165, 1.54) is 24.3 Å². The maximum absolute atomic E-state index is 13.1. The van der Waals surface area contributed by atoms with E-state index in [4.69, 9.17) is 16.3 Å². The Morgan fingerprint density at radius 1 is 1.12 bits per heavy atom. The Bertz CT molecular complexity index is 789. The minimum atomic E-state index is -0.336. The summed E-state index contributed by atoms with van der Waals surface area (Å²) in [5, 5.41) is 3.85. The molecule has 2 aromatic carbocycles. The number of fused-ring (bicyclic) bond motifs is 1. The van der Waals surface area contributed by atoms with Crippen LogP contribution in [0.2, 0.25) is 5.02 Å². The van der Waals surface area contributed by atoms with E-state index >= 15 is 0 Å². The normalized spacial score (nSPS) is 21.2. The van der Waals surface area contributed by atoms with Crippen molar-refractivity contribution in [3.8, 4) is 11.5 Å². The standard InChI is InChI=1S/C19H18ClFN2O2.ClH/c20-14-1-6-18(25-16-4-2-15(21)3-5-16)17(7-14)19(24)23-10-12-8-22-9-13(12)11-23;/h1-7,12-13,22H,8-11H2;1H/t12-,13+;. The van der Waals surface area contributed by atoms with Crippen molar-refractivity contribution in [2.75, 3.05) is 26.2 Å². The first-order valence-electron chi connectivity index (χ1n) is 8.33. The van der Waals surface area contributed by atoms with Gasteiger partial charge in [-0.05, 0) is 54.3 Å². The molecule has 0 radical (unpaired) electrons. The maximum Gasteiger partial charge on any atom is 0.257 e. The lowest BCUT2D eigenvalue weighted by Gasteiger charge is -2.19. The van der Waals surface area contributed by atoms with Gasteiger partial charge in [-0.2, -0.15) is 0 Å². The summed E-state index contributed by atoms with van der Waals surface area (Å²) in [5.41, 5.74) is 0.435. The summed E-state index contributed by atoms with van der Waals surface area (Å²) >= 11 is 6.10. The van der Waals surface area contributed by atoms with Gasteiger partial charge in [0.1, 0.15) is 17.3 Å². The van der Waals surface area contributed by atoms with Gasteiger partial charge in [-0.15, -0.1) is 12.4 Å². The van der Waals surface area contributed by atoms with Crippen LogP contribution < -0.4 is 10.1 Å². The molecule has 2 fully saturated rings. The SMILES string of the molecule is Cl.O=C(c1cc(Cl)ccc1Oc1ccc(F)cc1)N1C[C@H]2CNC[C@H]2C1. The minimum Gasteiger partial charge on any atom is -0.457 e. The molecular weight excluding hydrogens is 378 g/mol. The van der Waals surface area contributed by atoms with Gasteiger partial charge in [0.25, 0.3) is 5.91 Å². The largest absolute Gasteiger partial charge is 0.457 e. The maximum atomic E-state index is 13.1. The number of benzene rings is 2. The highest BCUT2D eigenvalue weighted by atomic mass is 35.5. The molecule has 4 rings (SSSR count). The lowest BCUT2D eigenvalue weighted by Crippen LogP contribution is -2.32. The number of nitrogens with one attached hydrogen (secondary N) is 1. The van der Waals surface area contributed by atoms with Crippen molar-refractivity contribution < 1.29 is 13.9 Å². The van der Waals surface area contributed by atoms with Crippen LogP contribution in [-0.2, 0) is 0 Å². The topological polar surface area (TPSA) is 41.6 Å². The van der Waals surface area contributed by atoms with Crippen LogP contribution in [0.25, 0.3) is 0 Å². The number of nitrogens with zero attached hydrogens (tertiary/aromatic N) is 1. The number of halogens is 3. The van der Waals surface area contributed by atoms with Crippen molar-refractivity contribution in [3.63, 3.8) is 0 Å². The molecule has 7 heteroatoms. The average Bonchev–Trinajstić information content (AvgIpc) is 3.19. The lowest BCUT2D eigenvalue weighted by molar-refractivity contribution is 0.0779. The second-order valence-corrected chi connectivity index (χ2v) is 7.02. The Morgan fingerprint density at radius 2 is 1.77 bits per heavy atom. The van der Waals surface area contributed by atoms with Crippen molar-refractivity contribution in [1.29, 1.82) is 0 Å². The van der Waals surface area contributed by atoms with Gasteiger partial charge in [0.15, 0.2) is 0 Å². The van der Waals surface area contributed by atoms with Crippen LogP contribution in [0.15, 0.2) is 42.5 Å². The lowest BCUT2D eigenvalue weighted by atomic mass is 10.0. The molecule has 4 nitrogen and oxygen atoms in total. The summed E-state index contributed by atoms with van der Waals surface area (Å²) in [6, 6.07) is 10.7. The monoisotopic (exact) mass is 396 g/mol. The number of ether oxygens (including phenoxy) is 1. The third-order valence-corrected chi connectivity index (χ3v) is 5.13. The van der Waals surface area contributed by atoms with Crippen LogP contribution in [0.3, 0.4) is 0 Å². The molecule has 2 saturated heterocycles. The highest BCUT2D eigenvalue weighted by Gasteiger charge is 2.38. The summed E-state index contributed by atoms with van der Waals surface area (Å²) in [7, 11) is 0. The second-order valence-electron chi connectivity index (χ2n) is 6.59. The summed E-state index contributed by atoms with van der Waals surface area (Å²) in [6.45, 7) is 3.42. The highest BCUT2D eigenvalue weighted by molar-refractivity contribution is 6.31. The Kier molecular flexibility index (Phi) is 5.70. The molecule has 0 saturated carbocycles. The fourth-order valence-electron chi connectivity index (χ4n) is 3.58. The van der Waals surface area contributed by atoms with Crippen molar-refractivity contribution in [2.45, 2.75) is 0 Å². The molecule has 2 aliphatic rings. The van der Waals surface area contributed by atoms with Gasteiger partial charge < -0.3 is 15.0 Å². The van der Waals surface area contributed by atoms with Crippen LogP contribution in [-0.4, -0.2) is 37.0 Å². The highest BCUT2D eigenvalue weighted by Crippen LogP contribution is 2.32. The van der Waals surface area contributed by atoms with E-state index in [1.807, 2.05) is 4.90 Å². The van der Waals surface area contributed by atoms with E-state index in [1.54, 1.807) is 18.2 Å². The van der Waals surface area contributed by atoms with E-state index in [0.717, 1.165) is 26.2 Å². The number of rotatable bonds is 3.